The predicted molar refractivity (Wildman–Crippen MR) is 132 cm³/mol. The number of hydrogen-bond donors (Lipinski definition) is 1. The Balaban J connectivity index is 1.29. The van der Waals surface area contributed by atoms with Crippen molar-refractivity contribution in [1.29, 1.82) is 0 Å². The van der Waals surface area contributed by atoms with Crippen LogP contribution in [0.4, 0.5) is 0 Å². The highest BCUT2D eigenvalue weighted by Crippen LogP contribution is 2.44. The van der Waals surface area contributed by atoms with E-state index < -0.39 is 0 Å². The molecule has 2 fully saturated rings. The molecule has 34 heavy (non-hydrogen) atoms. The van der Waals surface area contributed by atoms with Crippen LogP contribution in [0.5, 0.6) is 5.75 Å². The van der Waals surface area contributed by atoms with Gasteiger partial charge in [0.15, 0.2) is 0 Å². The molecule has 3 aliphatic rings. The zero-order valence-electron chi connectivity index (χ0n) is 19.6. The van der Waals surface area contributed by atoms with Gasteiger partial charge in [0.25, 0.3) is 5.91 Å². The van der Waals surface area contributed by atoms with Gasteiger partial charge in [-0.3, -0.25) is 9.59 Å². The van der Waals surface area contributed by atoms with Crippen molar-refractivity contribution >= 4 is 23.4 Å². The molecule has 0 aliphatic carbocycles. The molecule has 0 radical (unpaired) electrons. The van der Waals surface area contributed by atoms with Crippen LogP contribution >= 0.6 is 11.6 Å². The zero-order valence-corrected chi connectivity index (χ0v) is 20.4. The average molecular weight is 482 g/mol. The Bertz CT molecular complexity index is 1050. The molecule has 1 spiro atoms. The molecule has 3 heterocycles. The quantitative estimate of drug-likeness (QED) is 0.710. The third kappa shape index (κ3) is 4.80. The minimum atomic E-state index is -0.234. The van der Waals surface area contributed by atoms with Crippen molar-refractivity contribution in [3.63, 3.8) is 0 Å². The highest BCUT2D eigenvalue weighted by Gasteiger charge is 2.43. The molecule has 6 nitrogen and oxygen atoms in total. The molecule has 2 atom stereocenters. The minimum absolute atomic E-state index is 0.0263. The van der Waals surface area contributed by atoms with E-state index in [2.05, 4.69) is 23.3 Å². The Labute approximate surface area is 206 Å². The second-order valence-corrected chi connectivity index (χ2v) is 10.4. The van der Waals surface area contributed by atoms with Gasteiger partial charge in [0.2, 0.25) is 5.91 Å². The number of fused-ring (bicyclic) bond motifs is 1. The lowest BCUT2D eigenvalue weighted by atomic mass is 9.80. The summed E-state index contributed by atoms with van der Waals surface area (Å²) in [5, 5.41) is 3.95. The molecular weight excluding hydrogens is 450 g/mol. The monoisotopic (exact) mass is 481 g/mol. The normalized spacial score (nSPS) is 24.2. The van der Waals surface area contributed by atoms with Gasteiger partial charge in [-0.05, 0) is 63.1 Å². The van der Waals surface area contributed by atoms with E-state index in [1.165, 1.54) is 0 Å². The van der Waals surface area contributed by atoms with Crippen LogP contribution in [-0.4, -0.2) is 60.4 Å². The second-order valence-electron chi connectivity index (χ2n) is 9.99. The Morgan fingerprint density at radius 1 is 1.06 bits per heavy atom. The number of nitrogens with one attached hydrogen (secondary N) is 1. The number of hydrogen-bond acceptors (Lipinski definition) is 4. The molecule has 2 saturated heterocycles. The minimum Gasteiger partial charge on any atom is -0.487 e. The van der Waals surface area contributed by atoms with Crippen molar-refractivity contribution in [3.8, 4) is 5.75 Å². The fraction of sp³-hybridized carbons (Fsp3) is 0.481. The summed E-state index contributed by atoms with van der Waals surface area (Å²) >= 11 is 5.97. The summed E-state index contributed by atoms with van der Waals surface area (Å²) < 4.78 is 6.53. The van der Waals surface area contributed by atoms with Crippen LogP contribution in [0, 0.1) is 5.92 Å². The number of amides is 2. The van der Waals surface area contributed by atoms with Crippen molar-refractivity contribution in [2.24, 2.45) is 5.92 Å². The third-order valence-corrected chi connectivity index (χ3v) is 7.83. The van der Waals surface area contributed by atoms with Crippen molar-refractivity contribution in [1.82, 2.24) is 15.1 Å². The van der Waals surface area contributed by atoms with Crippen molar-refractivity contribution in [3.05, 3.63) is 64.7 Å². The summed E-state index contributed by atoms with van der Waals surface area (Å²) in [4.78, 5) is 30.6. The predicted octanol–water partition coefficient (Wildman–Crippen LogP) is 4.30. The molecule has 0 unspecified atom stereocenters. The summed E-state index contributed by atoms with van der Waals surface area (Å²) in [5.74, 6) is 0.648. The lowest BCUT2D eigenvalue weighted by Gasteiger charge is -2.46. The van der Waals surface area contributed by atoms with E-state index in [0.717, 1.165) is 56.5 Å². The van der Waals surface area contributed by atoms with E-state index in [4.69, 9.17) is 16.3 Å². The van der Waals surface area contributed by atoms with E-state index in [1.807, 2.05) is 18.2 Å². The summed E-state index contributed by atoms with van der Waals surface area (Å²) in [6.45, 7) is 3.09. The number of ether oxygens (including phenoxy) is 1. The van der Waals surface area contributed by atoms with E-state index in [-0.39, 0.29) is 29.4 Å². The number of rotatable bonds is 3. The largest absolute Gasteiger partial charge is 0.487 e. The molecule has 180 valence electrons. The van der Waals surface area contributed by atoms with Crippen molar-refractivity contribution in [2.45, 2.75) is 43.7 Å². The highest BCUT2D eigenvalue weighted by atomic mass is 35.5. The Morgan fingerprint density at radius 3 is 2.56 bits per heavy atom. The number of piperidine rings is 2. The van der Waals surface area contributed by atoms with Gasteiger partial charge in [-0.1, -0.05) is 29.8 Å². The Kier molecular flexibility index (Phi) is 6.54. The van der Waals surface area contributed by atoms with Gasteiger partial charge >= 0.3 is 0 Å². The molecule has 3 aliphatic heterocycles. The molecule has 7 heteroatoms. The van der Waals surface area contributed by atoms with Gasteiger partial charge in [0, 0.05) is 48.7 Å². The first kappa shape index (κ1) is 23.2. The van der Waals surface area contributed by atoms with Gasteiger partial charge in [-0.15, -0.1) is 0 Å². The summed E-state index contributed by atoms with van der Waals surface area (Å²) in [6, 6.07) is 14.9. The first-order chi connectivity index (χ1) is 16.4. The molecule has 5 rings (SSSR count). The summed E-state index contributed by atoms with van der Waals surface area (Å²) in [7, 11) is 2.14. The lowest BCUT2D eigenvalue weighted by molar-refractivity contribution is -0.128. The van der Waals surface area contributed by atoms with Crippen molar-refractivity contribution < 1.29 is 14.3 Å². The van der Waals surface area contributed by atoms with E-state index >= 15 is 0 Å². The summed E-state index contributed by atoms with van der Waals surface area (Å²) in [5.41, 5.74) is 1.42. The van der Waals surface area contributed by atoms with Crippen LogP contribution in [0.15, 0.2) is 48.5 Å². The fourth-order valence-corrected chi connectivity index (χ4v) is 5.65. The first-order valence-corrected chi connectivity index (χ1v) is 12.6. The van der Waals surface area contributed by atoms with Crippen LogP contribution in [0.25, 0.3) is 0 Å². The van der Waals surface area contributed by atoms with E-state index in [9.17, 15) is 9.59 Å². The smallest absolute Gasteiger partial charge is 0.253 e. The molecule has 2 amide bonds. The van der Waals surface area contributed by atoms with Gasteiger partial charge in [0.1, 0.15) is 11.4 Å². The highest BCUT2D eigenvalue weighted by molar-refractivity contribution is 6.30. The second kappa shape index (κ2) is 9.59. The lowest BCUT2D eigenvalue weighted by Crippen LogP contribution is -2.52. The van der Waals surface area contributed by atoms with Crippen LogP contribution in [0.1, 0.15) is 54.1 Å². The number of para-hydroxylation sites is 1. The average Bonchev–Trinajstić information content (AvgIpc) is 2.86. The van der Waals surface area contributed by atoms with Gasteiger partial charge in [0.05, 0.1) is 12.0 Å². The van der Waals surface area contributed by atoms with Crippen LogP contribution in [0.3, 0.4) is 0 Å². The number of likely N-dealkylation sites (tertiary alicyclic amines) is 2. The number of benzene rings is 2. The SMILES string of the molecule is CN1CCC2(CC1)C[C@H](NC(=O)[C@H]1CCCN(C(=O)c3ccc(Cl)cc3)C1)c1ccccc1O2. The van der Waals surface area contributed by atoms with Gasteiger partial charge in [-0.2, -0.15) is 0 Å². The summed E-state index contributed by atoms with van der Waals surface area (Å²) in [6.07, 6.45) is 4.30. The van der Waals surface area contributed by atoms with Crippen molar-refractivity contribution in [2.75, 3.05) is 33.2 Å². The number of nitrogens with zero attached hydrogens (tertiary/aromatic N) is 2. The number of carbonyl (C=O) groups is 2. The van der Waals surface area contributed by atoms with Crippen LogP contribution in [-0.2, 0) is 4.79 Å². The number of halogens is 1. The molecule has 1 N–H and O–H groups in total. The fourth-order valence-electron chi connectivity index (χ4n) is 5.52. The maximum Gasteiger partial charge on any atom is 0.253 e. The van der Waals surface area contributed by atoms with Crippen LogP contribution in [0.2, 0.25) is 5.02 Å². The maximum atomic E-state index is 13.4. The zero-order chi connectivity index (χ0) is 23.7. The molecule has 2 aromatic rings. The molecule has 0 saturated carbocycles. The third-order valence-electron chi connectivity index (χ3n) is 7.58. The maximum absolute atomic E-state index is 13.4. The standard InChI is InChI=1S/C27H32ClN3O3/c1-30-15-12-27(13-16-30)17-23(22-6-2-3-7-24(22)34-27)29-25(32)20-5-4-14-31(18-20)26(33)19-8-10-21(28)11-9-19/h2-3,6-11,20,23H,4-5,12-18H2,1H3,(H,29,32)/t20-,23-/m0/s1. The van der Waals surface area contributed by atoms with Gasteiger partial charge < -0.3 is 19.9 Å². The van der Waals surface area contributed by atoms with E-state index in [0.29, 0.717) is 23.7 Å². The Hall–Kier alpha value is -2.57. The van der Waals surface area contributed by atoms with Crippen LogP contribution < -0.4 is 10.1 Å². The molecular formula is C27H32ClN3O3. The van der Waals surface area contributed by atoms with Gasteiger partial charge in [-0.25, -0.2) is 0 Å². The molecule has 0 aromatic heterocycles. The number of carbonyl (C=O) groups excluding carboxylic acids is 2. The topological polar surface area (TPSA) is 61.9 Å². The van der Waals surface area contributed by atoms with E-state index in [1.54, 1.807) is 29.2 Å². The Morgan fingerprint density at radius 2 is 1.79 bits per heavy atom. The first-order valence-electron chi connectivity index (χ1n) is 12.2. The molecule has 0 bridgehead atoms. The molecule has 2 aromatic carbocycles.